The summed E-state index contributed by atoms with van der Waals surface area (Å²) < 4.78 is 7.98. The lowest BCUT2D eigenvalue weighted by atomic mass is 9.49. The Bertz CT molecular complexity index is 721. The summed E-state index contributed by atoms with van der Waals surface area (Å²) in [5, 5.41) is 21.3. The molecule has 0 atom stereocenters. The highest BCUT2D eigenvalue weighted by Gasteiger charge is 2.54. The molecule has 0 N–H and O–H groups in total. The van der Waals surface area contributed by atoms with Crippen LogP contribution in [0.4, 0.5) is 0 Å². The van der Waals surface area contributed by atoms with Crippen LogP contribution in [-0.2, 0) is 17.7 Å². The Labute approximate surface area is 151 Å². The third-order valence-corrected chi connectivity index (χ3v) is 7.08. The van der Waals surface area contributed by atoms with Crippen LogP contribution in [0.5, 0.6) is 0 Å². The van der Waals surface area contributed by atoms with Gasteiger partial charge < -0.3 is 4.42 Å². The first-order valence-electron chi connectivity index (χ1n) is 9.46. The van der Waals surface area contributed by atoms with Crippen LogP contribution < -0.4 is 0 Å². The Morgan fingerprint density at radius 2 is 1.80 bits per heavy atom. The van der Waals surface area contributed by atoms with Crippen molar-refractivity contribution in [2.24, 2.45) is 17.8 Å². The SMILES string of the molecule is CCCn1nnnc1CSc1nnc(C23CC4CC(CC(C4)C2)C3)o1. The molecular weight excluding hydrogens is 336 g/mol. The van der Waals surface area contributed by atoms with Gasteiger partial charge in [-0.3, -0.25) is 0 Å². The summed E-state index contributed by atoms with van der Waals surface area (Å²) in [5.74, 6) is 5.06. The van der Waals surface area contributed by atoms with Crippen LogP contribution in [-0.4, -0.2) is 30.4 Å². The fourth-order valence-electron chi connectivity index (χ4n) is 5.69. The monoisotopic (exact) mass is 360 g/mol. The van der Waals surface area contributed by atoms with Crippen LogP contribution in [0.15, 0.2) is 9.64 Å². The van der Waals surface area contributed by atoms with Gasteiger partial charge in [-0.15, -0.1) is 15.3 Å². The minimum absolute atomic E-state index is 0.171. The maximum atomic E-state index is 6.13. The molecule has 0 saturated heterocycles. The van der Waals surface area contributed by atoms with Crippen LogP contribution in [0.25, 0.3) is 0 Å². The molecule has 0 unspecified atom stereocenters. The van der Waals surface area contributed by atoms with Gasteiger partial charge in [-0.05, 0) is 73.1 Å². The number of thioether (sulfide) groups is 1. The van der Waals surface area contributed by atoms with Gasteiger partial charge in [-0.1, -0.05) is 18.7 Å². The standard InChI is InChI=1S/C17H24N6OS/c1-2-3-23-14(18-21-22-23)10-25-16-20-19-15(24-16)17-7-11-4-12(8-17)6-13(5-11)9-17/h11-13H,2-10H2,1H3. The first-order chi connectivity index (χ1) is 12.2. The molecule has 0 aromatic carbocycles. The topological polar surface area (TPSA) is 82.5 Å². The zero-order valence-corrected chi connectivity index (χ0v) is 15.4. The summed E-state index contributed by atoms with van der Waals surface area (Å²) in [6, 6.07) is 0. The van der Waals surface area contributed by atoms with Crippen LogP contribution in [0.3, 0.4) is 0 Å². The second kappa shape index (κ2) is 6.07. The van der Waals surface area contributed by atoms with E-state index in [0.29, 0.717) is 11.0 Å². The fraction of sp³-hybridized carbons (Fsp3) is 0.824. The lowest BCUT2D eigenvalue weighted by Crippen LogP contribution is -2.48. The van der Waals surface area contributed by atoms with E-state index in [4.69, 9.17) is 4.42 Å². The summed E-state index contributed by atoms with van der Waals surface area (Å²) in [4.78, 5) is 0. The predicted molar refractivity (Wildman–Crippen MR) is 91.8 cm³/mol. The molecule has 0 amide bonds. The molecule has 4 fully saturated rings. The number of aromatic nitrogens is 6. The maximum Gasteiger partial charge on any atom is 0.277 e. The molecule has 4 bridgehead atoms. The van der Waals surface area contributed by atoms with Crippen LogP contribution in [0.1, 0.15) is 63.6 Å². The highest BCUT2D eigenvalue weighted by atomic mass is 32.2. The molecule has 0 radical (unpaired) electrons. The highest BCUT2D eigenvalue weighted by Crippen LogP contribution is 2.60. The first kappa shape index (κ1) is 15.8. The average Bonchev–Trinajstić information content (AvgIpc) is 3.21. The number of hydrogen-bond acceptors (Lipinski definition) is 7. The minimum Gasteiger partial charge on any atom is -0.415 e. The summed E-state index contributed by atoms with van der Waals surface area (Å²) in [5.41, 5.74) is 0.171. The maximum absolute atomic E-state index is 6.13. The van der Waals surface area contributed by atoms with E-state index in [2.05, 4.69) is 32.6 Å². The quantitative estimate of drug-likeness (QED) is 0.731. The van der Waals surface area contributed by atoms with Gasteiger partial charge >= 0.3 is 0 Å². The summed E-state index contributed by atoms with van der Waals surface area (Å²) >= 11 is 1.54. The lowest BCUT2D eigenvalue weighted by Gasteiger charge is -2.55. The Balaban J connectivity index is 1.30. The number of rotatable bonds is 6. The van der Waals surface area contributed by atoms with Crippen molar-refractivity contribution < 1.29 is 4.42 Å². The number of tetrazole rings is 1. The number of aryl methyl sites for hydroxylation is 1. The van der Waals surface area contributed by atoms with E-state index in [1.807, 2.05) is 4.68 Å². The molecule has 134 valence electrons. The third-order valence-electron chi connectivity index (χ3n) is 6.26. The van der Waals surface area contributed by atoms with Crippen LogP contribution in [0.2, 0.25) is 0 Å². The van der Waals surface area contributed by atoms with Crippen molar-refractivity contribution >= 4 is 11.8 Å². The lowest BCUT2D eigenvalue weighted by molar-refractivity contribution is -0.0191. The Morgan fingerprint density at radius 3 is 2.48 bits per heavy atom. The largest absolute Gasteiger partial charge is 0.415 e. The van der Waals surface area contributed by atoms with E-state index >= 15 is 0 Å². The van der Waals surface area contributed by atoms with E-state index in [0.717, 1.165) is 42.4 Å². The normalized spacial score (nSPS) is 33.2. The average molecular weight is 360 g/mol. The van der Waals surface area contributed by atoms with Gasteiger partial charge in [0.15, 0.2) is 5.82 Å². The fourth-order valence-corrected chi connectivity index (χ4v) is 6.39. The Kier molecular flexibility index (Phi) is 3.83. The van der Waals surface area contributed by atoms with Crippen molar-refractivity contribution in [3.8, 4) is 0 Å². The smallest absolute Gasteiger partial charge is 0.277 e. The van der Waals surface area contributed by atoms with E-state index in [1.54, 1.807) is 0 Å². The third kappa shape index (κ3) is 2.78. The first-order valence-corrected chi connectivity index (χ1v) is 10.4. The zero-order valence-electron chi connectivity index (χ0n) is 14.6. The van der Waals surface area contributed by atoms with Gasteiger partial charge in [0.2, 0.25) is 5.89 Å². The molecule has 6 rings (SSSR count). The summed E-state index contributed by atoms with van der Waals surface area (Å²) in [7, 11) is 0. The van der Waals surface area contributed by atoms with Crippen molar-refractivity contribution in [2.45, 2.75) is 74.8 Å². The van der Waals surface area contributed by atoms with E-state index in [9.17, 15) is 0 Å². The van der Waals surface area contributed by atoms with Gasteiger partial charge in [-0.2, -0.15) is 0 Å². The number of hydrogen-bond donors (Lipinski definition) is 0. The summed E-state index contributed by atoms with van der Waals surface area (Å²) in [6.07, 6.45) is 9.04. The van der Waals surface area contributed by atoms with Crippen molar-refractivity contribution in [3.63, 3.8) is 0 Å². The van der Waals surface area contributed by atoms with Crippen LogP contribution >= 0.6 is 11.8 Å². The van der Waals surface area contributed by atoms with Crippen molar-refractivity contribution in [3.05, 3.63) is 11.7 Å². The van der Waals surface area contributed by atoms with Crippen molar-refractivity contribution in [1.29, 1.82) is 0 Å². The van der Waals surface area contributed by atoms with Gasteiger partial charge in [0.25, 0.3) is 5.22 Å². The second-order valence-corrected chi connectivity index (χ2v) is 9.10. The van der Waals surface area contributed by atoms with Crippen LogP contribution in [0, 0.1) is 17.8 Å². The van der Waals surface area contributed by atoms with Gasteiger partial charge in [0.05, 0.1) is 5.75 Å². The summed E-state index contributed by atoms with van der Waals surface area (Å²) in [6.45, 7) is 2.96. The molecule has 0 aliphatic heterocycles. The highest BCUT2D eigenvalue weighted by molar-refractivity contribution is 7.98. The Hall–Kier alpha value is -1.44. The molecule has 4 saturated carbocycles. The van der Waals surface area contributed by atoms with E-state index < -0.39 is 0 Å². The second-order valence-electron chi connectivity index (χ2n) is 8.18. The molecule has 2 aromatic heterocycles. The molecule has 4 aliphatic carbocycles. The van der Waals surface area contributed by atoms with Gasteiger partial charge in [-0.25, -0.2) is 4.68 Å². The van der Waals surface area contributed by atoms with Gasteiger partial charge in [0, 0.05) is 12.0 Å². The molecular formula is C17H24N6OS. The molecule has 8 heteroatoms. The molecule has 25 heavy (non-hydrogen) atoms. The predicted octanol–water partition coefficient (Wildman–Crippen LogP) is 3.23. The molecule has 2 aromatic rings. The van der Waals surface area contributed by atoms with E-state index in [-0.39, 0.29) is 5.41 Å². The van der Waals surface area contributed by atoms with Gasteiger partial charge in [0.1, 0.15) is 0 Å². The number of nitrogens with zero attached hydrogens (tertiary/aromatic N) is 6. The molecule has 7 nitrogen and oxygen atoms in total. The van der Waals surface area contributed by atoms with Crippen molar-refractivity contribution in [2.75, 3.05) is 0 Å². The van der Waals surface area contributed by atoms with Crippen molar-refractivity contribution in [1.82, 2.24) is 30.4 Å². The molecule has 2 heterocycles. The zero-order chi connectivity index (χ0) is 16.9. The van der Waals surface area contributed by atoms with E-state index in [1.165, 1.54) is 50.3 Å². The molecule has 0 spiro atoms. The Morgan fingerprint density at radius 1 is 1.08 bits per heavy atom. The minimum atomic E-state index is 0.171. The molecule has 4 aliphatic rings.